The van der Waals surface area contributed by atoms with E-state index in [-0.39, 0.29) is 11.9 Å². The van der Waals surface area contributed by atoms with Crippen LogP contribution < -0.4 is 15.1 Å². The number of benzene rings is 2. The van der Waals surface area contributed by atoms with Crippen LogP contribution in [0.5, 0.6) is 0 Å². The molecule has 1 fully saturated rings. The number of halogens is 3. The fourth-order valence-corrected chi connectivity index (χ4v) is 3.96. The molecule has 0 unspecified atom stereocenters. The lowest BCUT2D eigenvalue weighted by atomic mass is 10.2. The second kappa shape index (κ2) is 8.49. The highest BCUT2D eigenvalue weighted by atomic mass is 35.5. The SMILES string of the molecule is C[C@H](C(=O)Nc1c(Cl)cccc1Cl)[NH+]1CCN(c2ccccc2Cl)CC1. The van der Waals surface area contributed by atoms with E-state index in [1.54, 1.807) is 18.2 Å². The van der Waals surface area contributed by atoms with E-state index in [0.717, 1.165) is 36.9 Å². The van der Waals surface area contributed by atoms with Crippen molar-refractivity contribution in [3.63, 3.8) is 0 Å². The summed E-state index contributed by atoms with van der Waals surface area (Å²) in [5.74, 6) is -0.0822. The third-order valence-corrected chi connectivity index (χ3v) is 5.76. The number of nitrogens with one attached hydrogen (secondary N) is 2. The molecule has 138 valence electrons. The van der Waals surface area contributed by atoms with E-state index in [4.69, 9.17) is 34.8 Å². The van der Waals surface area contributed by atoms with E-state index < -0.39 is 0 Å². The van der Waals surface area contributed by atoms with Gasteiger partial charge in [0.05, 0.1) is 52.6 Å². The quantitative estimate of drug-likeness (QED) is 0.806. The Morgan fingerprint density at radius 2 is 1.58 bits per heavy atom. The minimum absolute atomic E-state index is 0.0822. The van der Waals surface area contributed by atoms with Crippen molar-refractivity contribution in [2.24, 2.45) is 0 Å². The molecule has 0 radical (unpaired) electrons. The molecule has 4 nitrogen and oxygen atoms in total. The van der Waals surface area contributed by atoms with E-state index in [2.05, 4.69) is 10.2 Å². The van der Waals surface area contributed by atoms with E-state index in [1.165, 1.54) is 4.90 Å². The molecular formula is C19H21Cl3N3O+. The Kier molecular flexibility index (Phi) is 6.30. The molecule has 2 aromatic rings. The van der Waals surface area contributed by atoms with Gasteiger partial charge in [0.15, 0.2) is 6.04 Å². The van der Waals surface area contributed by atoms with Gasteiger partial charge in [-0.1, -0.05) is 53.0 Å². The first-order valence-electron chi connectivity index (χ1n) is 8.56. The van der Waals surface area contributed by atoms with Crippen LogP contribution in [-0.4, -0.2) is 38.1 Å². The summed E-state index contributed by atoms with van der Waals surface area (Å²) in [4.78, 5) is 16.1. The van der Waals surface area contributed by atoms with Gasteiger partial charge in [-0.2, -0.15) is 0 Å². The Morgan fingerprint density at radius 3 is 2.19 bits per heavy atom. The molecule has 26 heavy (non-hydrogen) atoms. The molecule has 1 aliphatic heterocycles. The molecular weight excluding hydrogens is 393 g/mol. The van der Waals surface area contributed by atoms with Crippen molar-refractivity contribution < 1.29 is 9.69 Å². The summed E-state index contributed by atoms with van der Waals surface area (Å²) in [6, 6.07) is 12.8. The molecule has 1 aliphatic rings. The minimum Gasteiger partial charge on any atom is -0.359 e. The summed E-state index contributed by atoms with van der Waals surface area (Å²) < 4.78 is 0. The molecule has 0 spiro atoms. The van der Waals surface area contributed by atoms with Gasteiger partial charge in [0, 0.05) is 0 Å². The number of para-hydroxylation sites is 2. The average Bonchev–Trinajstić information content (AvgIpc) is 2.65. The van der Waals surface area contributed by atoms with Gasteiger partial charge in [-0.25, -0.2) is 0 Å². The van der Waals surface area contributed by atoms with Crippen LogP contribution in [0.2, 0.25) is 15.1 Å². The zero-order valence-corrected chi connectivity index (χ0v) is 16.7. The molecule has 2 aromatic carbocycles. The second-order valence-electron chi connectivity index (χ2n) is 6.40. The highest BCUT2D eigenvalue weighted by Crippen LogP contribution is 2.29. The van der Waals surface area contributed by atoms with Crippen LogP contribution in [0.25, 0.3) is 0 Å². The van der Waals surface area contributed by atoms with Crippen molar-refractivity contribution in [3.05, 3.63) is 57.5 Å². The molecule has 1 heterocycles. The summed E-state index contributed by atoms with van der Waals surface area (Å²) >= 11 is 18.6. The lowest BCUT2D eigenvalue weighted by Gasteiger charge is -2.36. The summed E-state index contributed by atoms with van der Waals surface area (Å²) in [5, 5.41) is 4.51. The molecule has 2 N–H and O–H groups in total. The fraction of sp³-hybridized carbons (Fsp3) is 0.316. The Labute approximate surface area is 168 Å². The lowest BCUT2D eigenvalue weighted by Crippen LogP contribution is -3.19. The van der Waals surface area contributed by atoms with Crippen molar-refractivity contribution >= 4 is 52.1 Å². The number of piperazine rings is 1. The smallest absolute Gasteiger partial charge is 0.282 e. The summed E-state index contributed by atoms with van der Waals surface area (Å²) in [5.41, 5.74) is 1.52. The number of quaternary nitrogens is 1. The fourth-order valence-electron chi connectivity index (χ4n) is 3.21. The number of hydrogen-bond donors (Lipinski definition) is 2. The van der Waals surface area contributed by atoms with Crippen molar-refractivity contribution in [2.75, 3.05) is 36.4 Å². The van der Waals surface area contributed by atoms with Crippen LogP contribution in [-0.2, 0) is 4.79 Å². The van der Waals surface area contributed by atoms with Gasteiger partial charge in [0.25, 0.3) is 5.91 Å². The number of nitrogens with zero attached hydrogens (tertiary/aromatic N) is 1. The normalized spacial score (nSPS) is 16.4. The predicted octanol–water partition coefficient (Wildman–Crippen LogP) is 3.38. The molecule has 0 aromatic heterocycles. The molecule has 7 heteroatoms. The summed E-state index contributed by atoms with van der Waals surface area (Å²) in [6.07, 6.45) is 0. The Bertz CT molecular complexity index is 771. The van der Waals surface area contributed by atoms with Crippen LogP contribution in [0, 0.1) is 0 Å². The van der Waals surface area contributed by atoms with Crippen molar-refractivity contribution in [2.45, 2.75) is 13.0 Å². The average molecular weight is 414 g/mol. The third-order valence-electron chi connectivity index (χ3n) is 4.82. The number of hydrogen-bond acceptors (Lipinski definition) is 2. The van der Waals surface area contributed by atoms with E-state index in [1.807, 2.05) is 31.2 Å². The topological polar surface area (TPSA) is 36.8 Å². The Morgan fingerprint density at radius 1 is 1.00 bits per heavy atom. The summed E-state index contributed by atoms with van der Waals surface area (Å²) in [6.45, 7) is 5.35. The maximum Gasteiger partial charge on any atom is 0.282 e. The molecule has 0 aliphatic carbocycles. The van der Waals surface area contributed by atoms with Gasteiger partial charge in [-0.15, -0.1) is 0 Å². The number of amides is 1. The first kappa shape index (κ1) is 19.3. The standard InChI is InChI=1S/C19H20Cl3N3O/c1-13(19(26)23-18-15(21)6-4-7-16(18)22)24-9-11-25(12-10-24)17-8-3-2-5-14(17)20/h2-8,13H,9-12H2,1H3,(H,23,26)/p+1/t13-/m1/s1. The Hall–Kier alpha value is -1.46. The van der Waals surface area contributed by atoms with Crippen LogP contribution in [0.1, 0.15) is 6.92 Å². The molecule has 1 atom stereocenters. The van der Waals surface area contributed by atoms with Crippen LogP contribution in [0.15, 0.2) is 42.5 Å². The zero-order chi connectivity index (χ0) is 18.7. The number of anilines is 2. The van der Waals surface area contributed by atoms with E-state index >= 15 is 0 Å². The van der Waals surface area contributed by atoms with Crippen LogP contribution >= 0.6 is 34.8 Å². The van der Waals surface area contributed by atoms with Crippen molar-refractivity contribution in [3.8, 4) is 0 Å². The largest absolute Gasteiger partial charge is 0.359 e. The monoisotopic (exact) mass is 412 g/mol. The maximum atomic E-state index is 12.6. The van der Waals surface area contributed by atoms with Gasteiger partial charge in [-0.3, -0.25) is 4.79 Å². The van der Waals surface area contributed by atoms with Crippen LogP contribution in [0.3, 0.4) is 0 Å². The number of rotatable bonds is 4. The number of carbonyl (C=O) groups is 1. The van der Waals surface area contributed by atoms with Gasteiger partial charge in [0.1, 0.15) is 0 Å². The zero-order valence-electron chi connectivity index (χ0n) is 14.4. The molecule has 1 amide bonds. The first-order valence-corrected chi connectivity index (χ1v) is 9.69. The van der Waals surface area contributed by atoms with Crippen molar-refractivity contribution in [1.82, 2.24) is 0 Å². The highest BCUT2D eigenvalue weighted by molar-refractivity contribution is 6.39. The van der Waals surface area contributed by atoms with Gasteiger partial charge in [0.2, 0.25) is 0 Å². The van der Waals surface area contributed by atoms with Gasteiger partial charge in [-0.05, 0) is 31.2 Å². The first-order chi connectivity index (χ1) is 12.5. The van der Waals surface area contributed by atoms with Crippen molar-refractivity contribution in [1.29, 1.82) is 0 Å². The predicted molar refractivity (Wildman–Crippen MR) is 109 cm³/mol. The minimum atomic E-state index is -0.198. The van der Waals surface area contributed by atoms with E-state index in [9.17, 15) is 4.79 Å². The number of carbonyl (C=O) groups excluding carboxylic acids is 1. The molecule has 1 saturated heterocycles. The summed E-state index contributed by atoms with van der Waals surface area (Å²) in [7, 11) is 0. The van der Waals surface area contributed by atoms with Gasteiger partial charge >= 0.3 is 0 Å². The van der Waals surface area contributed by atoms with Crippen LogP contribution in [0.4, 0.5) is 11.4 Å². The highest BCUT2D eigenvalue weighted by Gasteiger charge is 2.30. The Balaban J connectivity index is 1.60. The lowest BCUT2D eigenvalue weighted by molar-refractivity contribution is -0.914. The molecule has 0 saturated carbocycles. The molecule has 0 bridgehead atoms. The third kappa shape index (κ3) is 4.26. The second-order valence-corrected chi connectivity index (χ2v) is 7.63. The van der Waals surface area contributed by atoms with E-state index in [0.29, 0.717) is 15.7 Å². The van der Waals surface area contributed by atoms with Gasteiger partial charge < -0.3 is 15.1 Å². The molecule has 3 rings (SSSR count). The maximum absolute atomic E-state index is 12.6.